The van der Waals surface area contributed by atoms with Crippen LogP contribution in [0.25, 0.3) is 0 Å². The lowest BCUT2D eigenvalue weighted by Crippen LogP contribution is -2.48. The van der Waals surface area contributed by atoms with E-state index in [0.717, 1.165) is 16.7 Å². The molecule has 0 aliphatic carbocycles. The summed E-state index contributed by atoms with van der Waals surface area (Å²) in [6, 6.07) is 27.0. The second-order valence-corrected chi connectivity index (χ2v) is 13.9. The van der Waals surface area contributed by atoms with E-state index in [1.165, 1.54) is 21.0 Å². The van der Waals surface area contributed by atoms with Crippen molar-refractivity contribution >= 4 is 41.2 Å². The molecule has 54 heavy (non-hydrogen) atoms. The fourth-order valence-corrected chi connectivity index (χ4v) is 6.84. The number of carboxylic acids is 1. The molecule has 0 unspecified atom stereocenters. The molecular weight excluding hydrogens is 690 g/mol. The van der Waals surface area contributed by atoms with Crippen LogP contribution < -0.4 is 10.6 Å². The van der Waals surface area contributed by atoms with Crippen LogP contribution in [0.5, 0.6) is 0 Å². The molecule has 3 aromatic carbocycles. The number of esters is 1. The first-order valence-electron chi connectivity index (χ1n) is 18.3. The molecule has 12 heteroatoms. The molecule has 3 amide bonds. The molecule has 3 aromatic rings. The quantitative estimate of drug-likeness (QED) is 0.126. The molecule has 0 saturated carbocycles. The second kappa shape index (κ2) is 19.4. The monoisotopic (exact) mass is 739 g/mol. The Morgan fingerprint density at radius 1 is 0.759 bits per heavy atom. The van der Waals surface area contributed by atoms with Gasteiger partial charge in [-0.05, 0) is 36.5 Å². The Morgan fingerprint density at radius 3 is 1.72 bits per heavy atom. The van der Waals surface area contributed by atoms with Gasteiger partial charge in [0.15, 0.2) is 5.78 Å². The van der Waals surface area contributed by atoms with Gasteiger partial charge in [-0.25, -0.2) is 0 Å². The highest BCUT2D eigenvalue weighted by Gasteiger charge is 2.39. The van der Waals surface area contributed by atoms with E-state index < -0.39 is 59.8 Å². The molecule has 0 radical (unpaired) electrons. The minimum Gasteiger partial charge on any atom is -0.481 e. The molecule has 0 aromatic heterocycles. The number of aliphatic carboxylic acids is 1. The smallest absolute Gasteiger partial charge is 0.308 e. The molecule has 0 spiro atoms. The Kier molecular flexibility index (Phi) is 14.8. The largest absolute Gasteiger partial charge is 0.481 e. The molecular formula is C42H49N3O9. The first kappa shape index (κ1) is 41.1. The number of hydrogen-bond donors (Lipinski definition) is 3. The maximum absolute atomic E-state index is 13.8. The number of carbonyl (C=O) groups excluding carboxylic acids is 6. The average Bonchev–Trinajstić information content (AvgIpc) is 3.19. The summed E-state index contributed by atoms with van der Waals surface area (Å²) in [6.07, 6.45) is -0.220. The Labute approximate surface area is 315 Å². The van der Waals surface area contributed by atoms with E-state index in [-0.39, 0.29) is 42.8 Å². The fourth-order valence-electron chi connectivity index (χ4n) is 6.84. The van der Waals surface area contributed by atoms with E-state index in [1.54, 1.807) is 4.90 Å². The Morgan fingerprint density at radius 2 is 1.26 bits per heavy atom. The van der Waals surface area contributed by atoms with Crippen LogP contribution in [0.4, 0.5) is 0 Å². The van der Waals surface area contributed by atoms with E-state index in [4.69, 9.17) is 4.74 Å². The van der Waals surface area contributed by atoms with Crippen molar-refractivity contribution in [1.82, 2.24) is 15.5 Å². The highest BCUT2D eigenvalue weighted by atomic mass is 16.5. The third-order valence-electron chi connectivity index (χ3n) is 10.00. The number of hydrogen-bond acceptors (Lipinski definition) is 8. The van der Waals surface area contributed by atoms with Gasteiger partial charge in [0.25, 0.3) is 0 Å². The van der Waals surface area contributed by atoms with Crippen molar-refractivity contribution in [1.29, 1.82) is 0 Å². The van der Waals surface area contributed by atoms with Crippen LogP contribution >= 0.6 is 0 Å². The van der Waals surface area contributed by atoms with Gasteiger partial charge in [-0.15, -0.1) is 0 Å². The lowest BCUT2D eigenvalue weighted by atomic mass is 9.76. The van der Waals surface area contributed by atoms with Crippen LogP contribution in [0, 0.1) is 17.8 Å². The zero-order chi connectivity index (χ0) is 39.3. The Bertz CT molecular complexity index is 1680. The predicted molar refractivity (Wildman–Crippen MR) is 200 cm³/mol. The van der Waals surface area contributed by atoms with Crippen molar-refractivity contribution in [2.45, 2.75) is 70.4 Å². The topological polar surface area (TPSA) is 176 Å². The number of piperidine rings is 1. The van der Waals surface area contributed by atoms with Gasteiger partial charge in [-0.2, -0.15) is 0 Å². The minimum absolute atomic E-state index is 0.0156. The van der Waals surface area contributed by atoms with Crippen LogP contribution in [0.15, 0.2) is 91.0 Å². The van der Waals surface area contributed by atoms with Crippen molar-refractivity contribution in [2.75, 3.05) is 20.2 Å². The van der Waals surface area contributed by atoms with Crippen molar-refractivity contribution in [2.24, 2.45) is 17.8 Å². The lowest BCUT2D eigenvalue weighted by molar-refractivity contribution is -0.149. The predicted octanol–water partition coefficient (Wildman–Crippen LogP) is 4.44. The van der Waals surface area contributed by atoms with Gasteiger partial charge in [0, 0.05) is 51.1 Å². The highest BCUT2D eigenvalue weighted by Crippen LogP contribution is 2.37. The molecule has 3 atom stereocenters. The maximum Gasteiger partial charge on any atom is 0.308 e. The number of carbonyl (C=O) groups is 7. The number of Topliss-reactive ketones (excluding diaryl/α,β-unsaturated/α-hetero) is 2. The molecule has 3 N–H and O–H groups in total. The zero-order valence-corrected chi connectivity index (χ0v) is 31.0. The fraction of sp³-hybridized carbons (Fsp3) is 0.405. The standard InChI is InChI=1S/C42H49N3O9/c1-28(25-35(46)19-20-38(49)45-23-21-30(22-24-45)41(53)54-3)39(50)43-29(2)36(47)26-31(40(51)52)27-37(48)44-42(32-13-7-4-8-14-32,33-15-9-5-10-16-33)34-17-11-6-12-18-34/h4-18,28-31H,19-27H2,1-3H3,(H,43,50)(H,44,48)(H,51,52)/t28-,29+,31+/m1/s1. The van der Waals surface area contributed by atoms with E-state index in [0.29, 0.717) is 25.9 Å². The second-order valence-electron chi connectivity index (χ2n) is 13.9. The van der Waals surface area contributed by atoms with Crippen molar-refractivity contribution in [3.8, 4) is 0 Å². The molecule has 0 bridgehead atoms. The molecule has 12 nitrogen and oxygen atoms in total. The van der Waals surface area contributed by atoms with Gasteiger partial charge in [0.05, 0.1) is 25.0 Å². The van der Waals surface area contributed by atoms with Gasteiger partial charge < -0.3 is 25.4 Å². The van der Waals surface area contributed by atoms with Gasteiger partial charge in [0.2, 0.25) is 17.7 Å². The number of methoxy groups -OCH3 is 1. The molecule has 1 heterocycles. The summed E-state index contributed by atoms with van der Waals surface area (Å²) >= 11 is 0. The normalized spacial score (nSPS) is 14.9. The molecule has 286 valence electrons. The number of likely N-dealkylation sites (tertiary alicyclic amines) is 1. The summed E-state index contributed by atoms with van der Waals surface area (Å²) < 4.78 is 4.77. The lowest BCUT2D eigenvalue weighted by Gasteiger charge is -2.37. The van der Waals surface area contributed by atoms with E-state index in [1.807, 2.05) is 91.0 Å². The number of amides is 3. The third kappa shape index (κ3) is 10.7. The SMILES string of the molecule is COC(=O)C1CCN(C(=O)CCC(=O)C[C@@H](C)C(=O)N[C@@H](C)C(=O)C[C@@H](CC(=O)NC(c2ccccc2)(c2ccccc2)c2ccccc2)C(=O)O)CC1. The highest BCUT2D eigenvalue weighted by molar-refractivity contribution is 5.94. The molecule has 1 aliphatic heterocycles. The summed E-state index contributed by atoms with van der Waals surface area (Å²) in [5.74, 6) is -6.26. The molecule has 1 saturated heterocycles. The van der Waals surface area contributed by atoms with Crippen LogP contribution in [0.2, 0.25) is 0 Å². The number of ketones is 2. The maximum atomic E-state index is 13.8. The van der Waals surface area contributed by atoms with Gasteiger partial charge in [-0.3, -0.25) is 33.6 Å². The number of nitrogens with one attached hydrogen (secondary N) is 2. The number of ether oxygens (including phenoxy) is 1. The molecule has 1 fully saturated rings. The summed E-state index contributed by atoms with van der Waals surface area (Å²) in [4.78, 5) is 91.0. The number of benzene rings is 3. The first-order chi connectivity index (χ1) is 25.8. The van der Waals surface area contributed by atoms with E-state index >= 15 is 0 Å². The average molecular weight is 740 g/mol. The first-order valence-corrected chi connectivity index (χ1v) is 18.3. The zero-order valence-electron chi connectivity index (χ0n) is 31.0. The molecule has 4 rings (SSSR count). The summed E-state index contributed by atoms with van der Waals surface area (Å²) in [6.45, 7) is 3.77. The van der Waals surface area contributed by atoms with Crippen molar-refractivity contribution < 1.29 is 43.4 Å². The van der Waals surface area contributed by atoms with Crippen LogP contribution in [-0.2, 0) is 43.8 Å². The van der Waals surface area contributed by atoms with Crippen molar-refractivity contribution in [3.63, 3.8) is 0 Å². The Hall–Kier alpha value is -5.65. The number of rotatable bonds is 18. The number of carboxylic acid groups (broad SMARTS) is 1. The van der Waals surface area contributed by atoms with Gasteiger partial charge in [-0.1, -0.05) is 97.9 Å². The van der Waals surface area contributed by atoms with Gasteiger partial charge >= 0.3 is 11.9 Å². The Balaban J connectivity index is 1.33. The summed E-state index contributed by atoms with van der Waals surface area (Å²) in [5, 5.41) is 15.8. The number of nitrogens with zero attached hydrogens (tertiary/aromatic N) is 1. The van der Waals surface area contributed by atoms with Crippen molar-refractivity contribution in [3.05, 3.63) is 108 Å². The molecule has 1 aliphatic rings. The third-order valence-corrected chi connectivity index (χ3v) is 10.00. The van der Waals surface area contributed by atoms with Crippen LogP contribution in [0.3, 0.4) is 0 Å². The van der Waals surface area contributed by atoms with Gasteiger partial charge in [0.1, 0.15) is 11.3 Å². The van der Waals surface area contributed by atoms with Crippen LogP contribution in [-0.4, -0.2) is 77.5 Å². The van der Waals surface area contributed by atoms with Crippen LogP contribution in [0.1, 0.15) is 75.5 Å². The van der Waals surface area contributed by atoms with E-state index in [9.17, 15) is 38.7 Å². The minimum atomic E-state index is -1.38. The summed E-state index contributed by atoms with van der Waals surface area (Å²) in [7, 11) is 1.33. The summed E-state index contributed by atoms with van der Waals surface area (Å²) in [5.41, 5.74) is 1.10. The van der Waals surface area contributed by atoms with E-state index in [2.05, 4.69) is 10.6 Å².